The molecule has 0 radical (unpaired) electrons. The Balaban J connectivity index is 2.63. The Labute approximate surface area is 82.5 Å². The normalized spacial score (nSPS) is 12.1. The SMILES string of the molecule is CCC(CO)Oc1ccc(C=O)nc1. The van der Waals surface area contributed by atoms with Gasteiger partial charge in [-0.15, -0.1) is 0 Å². The lowest BCUT2D eigenvalue weighted by molar-refractivity contribution is 0.110. The van der Waals surface area contributed by atoms with Gasteiger partial charge in [-0.3, -0.25) is 4.79 Å². The number of carbonyl (C=O) groups excluding carboxylic acids is 1. The van der Waals surface area contributed by atoms with E-state index in [0.717, 1.165) is 6.42 Å². The molecule has 0 aliphatic rings. The molecule has 1 rings (SSSR count). The van der Waals surface area contributed by atoms with Crippen LogP contribution in [0.1, 0.15) is 23.8 Å². The highest BCUT2D eigenvalue weighted by Gasteiger charge is 2.05. The van der Waals surface area contributed by atoms with E-state index in [1.807, 2.05) is 6.92 Å². The van der Waals surface area contributed by atoms with Gasteiger partial charge in [-0.05, 0) is 18.6 Å². The van der Waals surface area contributed by atoms with Crippen LogP contribution in [0.4, 0.5) is 0 Å². The first-order valence-corrected chi connectivity index (χ1v) is 4.49. The zero-order chi connectivity index (χ0) is 10.4. The van der Waals surface area contributed by atoms with E-state index in [2.05, 4.69) is 4.98 Å². The molecule has 1 atom stereocenters. The summed E-state index contributed by atoms with van der Waals surface area (Å²) in [5.74, 6) is 0.566. The number of aromatic nitrogens is 1. The summed E-state index contributed by atoms with van der Waals surface area (Å²) in [5, 5.41) is 8.89. The van der Waals surface area contributed by atoms with Crippen molar-refractivity contribution < 1.29 is 14.6 Å². The fourth-order valence-corrected chi connectivity index (χ4v) is 0.973. The topological polar surface area (TPSA) is 59.4 Å². The average Bonchev–Trinajstić information content (AvgIpc) is 2.26. The van der Waals surface area contributed by atoms with Crippen molar-refractivity contribution in [3.63, 3.8) is 0 Å². The first-order valence-electron chi connectivity index (χ1n) is 4.49. The average molecular weight is 195 g/mol. The summed E-state index contributed by atoms with van der Waals surface area (Å²) < 4.78 is 5.38. The van der Waals surface area contributed by atoms with E-state index in [0.29, 0.717) is 17.7 Å². The molecule has 0 saturated heterocycles. The van der Waals surface area contributed by atoms with Crippen molar-refractivity contribution in [1.82, 2.24) is 4.98 Å². The minimum atomic E-state index is -0.209. The molecule has 76 valence electrons. The number of hydrogen-bond donors (Lipinski definition) is 1. The number of ether oxygens (including phenoxy) is 1. The van der Waals surface area contributed by atoms with Crippen molar-refractivity contribution in [3.8, 4) is 5.75 Å². The summed E-state index contributed by atoms with van der Waals surface area (Å²) in [7, 11) is 0. The van der Waals surface area contributed by atoms with Gasteiger partial charge < -0.3 is 9.84 Å². The maximum atomic E-state index is 10.3. The number of aldehydes is 1. The Morgan fingerprint density at radius 1 is 1.64 bits per heavy atom. The van der Waals surface area contributed by atoms with E-state index in [-0.39, 0.29) is 12.7 Å². The third-order valence-corrected chi connectivity index (χ3v) is 1.84. The van der Waals surface area contributed by atoms with Gasteiger partial charge in [0.1, 0.15) is 17.5 Å². The highest BCUT2D eigenvalue weighted by molar-refractivity contribution is 5.71. The molecule has 1 unspecified atom stereocenters. The predicted octanol–water partition coefficient (Wildman–Crippen LogP) is 1.04. The third-order valence-electron chi connectivity index (χ3n) is 1.84. The molecule has 4 heteroatoms. The van der Waals surface area contributed by atoms with Gasteiger partial charge in [0, 0.05) is 0 Å². The van der Waals surface area contributed by atoms with E-state index in [4.69, 9.17) is 9.84 Å². The molecule has 1 heterocycles. The van der Waals surface area contributed by atoms with E-state index >= 15 is 0 Å². The lowest BCUT2D eigenvalue weighted by atomic mass is 10.3. The molecule has 1 N–H and O–H groups in total. The molecule has 0 aromatic carbocycles. The Morgan fingerprint density at radius 2 is 2.43 bits per heavy atom. The summed E-state index contributed by atoms with van der Waals surface area (Å²) >= 11 is 0. The molecule has 0 aliphatic heterocycles. The van der Waals surface area contributed by atoms with Crippen molar-refractivity contribution >= 4 is 6.29 Å². The summed E-state index contributed by atoms with van der Waals surface area (Å²) in [6.45, 7) is 1.90. The monoisotopic (exact) mass is 195 g/mol. The van der Waals surface area contributed by atoms with E-state index < -0.39 is 0 Å². The highest BCUT2D eigenvalue weighted by Crippen LogP contribution is 2.11. The van der Waals surface area contributed by atoms with Crippen LogP contribution < -0.4 is 4.74 Å². The van der Waals surface area contributed by atoms with Crippen molar-refractivity contribution in [1.29, 1.82) is 0 Å². The molecule has 0 spiro atoms. The van der Waals surface area contributed by atoms with Gasteiger partial charge >= 0.3 is 0 Å². The molecule has 0 saturated carbocycles. The summed E-state index contributed by atoms with van der Waals surface area (Å²) in [6.07, 6.45) is 2.67. The van der Waals surface area contributed by atoms with E-state index in [1.54, 1.807) is 12.1 Å². The minimum absolute atomic E-state index is 0.0219. The molecule has 1 aromatic rings. The molecular formula is C10H13NO3. The number of hydrogen-bond acceptors (Lipinski definition) is 4. The first kappa shape index (κ1) is 10.7. The van der Waals surface area contributed by atoms with Gasteiger partial charge in [0.2, 0.25) is 0 Å². The zero-order valence-electron chi connectivity index (χ0n) is 8.01. The van der Waals surface area contributed by atoms with Crippen LogP contribution in [0.5, 0.6) is 5.75 Å². The first-order chi connectivity index (χ1) is 6.80. The standard InChI is InChI=1S/C10H13NO3/c1-2-9(7-13)14-10-4-3-8(6-12)11-5-10/h3-6,9,13H,2,7H2,1H3. The second-order valence-electron chi connectivity index (χ2n) is 2.87. The van der Waals surface area contributed by atoms with Crippen LogP contribution in [-0.4, -0.2) is 29.1 Å². The second-order valence-corrected chi connectivity index (χ2v) is 2.87. The largest absolute Gasteiger partial charge is 0.486 e. The van der Waals surface area contributed by atoms with E-state index in [9.17, 15) is 4.79 Å². The predicted molar refractivity (Wildman–Crippen MR) is 51.4 cm³/mol. The highest BCUT2D eigenvalue weighted by atomic mass is 16.5. The summed E-state index contributed by atoms with van der Waals surface area (Å²) in [4.78, 5) is 14.2. The van der Waals surface area contributed by atoms with Crippen LogP contribution in [0.15, 0.2) is 18.3 Å². The molecule has 1 aromatic heterocycles. The molecule has 14 heavy (non-hydrogen) atoms. The third kappa shape index (κ3) is 2.81. The lowest BCUT2D eigenvalue weighted by Gasteiger charge is -2.14. The Hall–Kier alpha value is -1.42. The quantitative estimate of drug-likeness (QED) is 0.713. The van der Waals surface area contributed by atoms with Crippen molar-refractivity contribution in [2.45, 2.75) is 19.4 Å². The molecular weight excluding hydrogens is 182 g/mol. The maximum absolute atomic E-state index is 10.3. The van der Waals surface area contributed by atoms with Gasteiger partial charge in [0.05, 0.1) is 12.8 Å². The van der Waals surface area contributed by atoms with Gasteiger partial charge in [-0.25, -0.2) is 4.98 Å². The van der Waals surface area contributed by atoms with Crippen LogP contribution >= 0.6 is 0 Å². The van der Waals surface area contributed by atoms with Gasteiger partial charge in [-0.2, -0.15) is 0 Å². The fourth-order valence-electron chi connectivity index (χ4n) is 0.973. The Morgan fingerprint density at radius 3 is 2.86 bits per heavy atom. The molecule has 0 aliphatic carbocycles. The van der Waals surface area contributed by atoms with Crippen LogP contribution in [-0.2, 0) is 0 Å². The number of aliphatic hydroxyl groups excluding tert-OH is 1. The van der Waals surface area contributed by atoms with Crippen molar-refractivity contribution in [3.05, 3.63) is 24.0 Å². The Bertz CT molecular complexity index is 280. The van der Waals surface area contributed by atoms with Gasteiger partial charge in [0.25, 0.3) is 0 Å². The molecule has 0 bridgehead atoms. The number of carbonyl (C=O) groups is 1. The van der Waals surface area contributed by atoms with Crippen molar-refractivity contribution in [2.75, 3.05) is 6.61 Å². The van der Waals surface area contributed by atoms with Crippen LogP contribution in [0.3, 0.4) is 0 Å². The Kier molecular flexibility index (Phi) is 4.07. The smallest absolute Gasteiger partial charge is 0.168 e. The summed E-state index contributed by atoms with van der Waals surface area (Å²) in [6, 6.07) is 3.24. The fraction of sp³-hybridized carbons (Fsp3) is 0.400. The van der Waals surface area contributed by atoms with Gasteiger partial charge in [-0.1, -0.05) is 6.92 Å². The lowest BCUT2D eigenvalue weighted by Crippen LogP contribution is -2.19. The second kappa shape index (κ2) is 5.34. The van der Waals surface area contributed by atoms with Crippen LogP contribution in [0.2, 0.25) is 0 Å². The van der Waals surface area contributed by atoms with Crippen molar-refractivity contribution in [2.24, 2.45) is 0 Å². The molecule has 0 amide bonds. The number of rotatable bonds is 5. The number of nitrogens with zero attached hydrogens (tertiary/aromatic N) is 1. The summed E-state index contributed by atoms with van der Waals surface area (Å²) in [5.41, 5.74) is 0.370. The zero-order valence-corrected chi connectivity index (χ0v) is 8.01. The van der Waals surface area contributed by atoms with Crippen LogP contribution in [0.25, 0.3) is 0 Å². The number of aliphatic hydroxyl groups is 1. The van der Waals surface area contributed by atoms with E-state index in [1.165, 1.54) is 6.20 Å². The maximum Gasteiger partial charge on any atom is 0.168 e. The molecule has 4 nitrogen and oxygen atoms in total. The van der Waals surface area contributed by atoms with Crippen LogP contribution in [0, 0.1) is 0 Å². The number of pyridine rings is 1. The molecule has 0 fully saturated rings. The minimum Gasteiger partial charge on any atom is -0.486 e. The van der Waals surface area contributed by atoms with Gasteiger partial charge in [0.15, 0.2) is 6.29 Å².